The number of carboxylic acid groups (broad SMARTS) is 1. The van der Waals surface area contributed by atoms with Gasteiger partial charge in [-0.25, -0.2) is 4.79 Å². The standard InChI is InChI=1S/C13H14O4/c1-9(6-13(15)16)8-17-12-5-3-4-11(7-12)10(2)14/h3-7H,8H2,1-2H3,(H,15,16). The number of ether oxygens (including phenoxy) is 1. The molecule has 0 radical (unpaired) electrons. The van der Waals surface area contributed by atoms with Gasteiger partial charge in [0.15, 0.2) is 5.78 Å². The lowest BCUT2D eigenvalue weighted by Gasteiger charge is -2.06. The van der Waals surface area contributed by atoms with Crippen molar-refractivity contribution in [2.45, 2.75) is 13.8 Å². The molecular weight excluding hydrogens is 220 g/mol. The molecule has 1 aromatic rings. The summed E-state index contributed by atoms with van der Waals surface area (Å²) < 4.78 is 5.38. The van der Waals surface area contributed by atoms with Crippen LogP contribution < -0.4 is 4.74 Å². The highest BCUT2D eigenvalue weighted by atomic mass is 16.5. The van der Waals surface area contributed by atoms with E-state index >= 15 is 0 Å². The summed E-state index contributed by atoms with van der Waals surface area (Å²) in [5, 5.41) is 8.52. The maximum absolute atomic E-state index is 11.1. The first-order valence-electron chi connectivity index (χ1n) is 5.13. The summed E-state index contributed by atoms with van der Waals surface area (Å²) in [7, 11) is 0. The monoisotopic (exact) mass is 234 g/mol. The Hall–Kier alpha value is -2.10. The number of benzene rings is 1. The van der Waals surface area contributed by atoms with Crippen LogP contribution in [0.5, 0.6) is 5.75 Å². The van der Waals surface area contributed by atoms with Crippen molar-refractivity contribution in [3.8, 4) is 5.75 Å². The van der Waals surface area contributed by atoms with E-state index in [0.29, 0.717) is 16.9 Å². The fraction of sp³-hybridized carbons (Fsp3) is 0.231. The quantitative estimate of drug-likeness (QED) is 0.627. The van der Waals surface area contributed by atoms with E-state index in [-0.39, 0.29) is 12.4 Å². The molecule has 0 aliphatic carbocycles. The molecule has 0 saturated carbocycles. The molecule has 0 aliphatic heterocycles. The van der Waals surface area contributed by atoms with Crippen molar-refractivity contribution in [1.82, 2.24) is 0 Å². The topological polar surface area (TPSA) is 63.6 Å². The van der Waals surface area contributed by atoms with Gasteiger partial charge in [0.05, 0.1) is 0 Å². The van der Waals surface area contributed by atoms with Gasteiger partial charge in [0.2, 0.25) is 0 Å². The number of carboxylic acids is 1. The van der Waals surface area contributed by atoms with Crippen LogP contribution in [0.15, 0.2) is 35.9 Å². The number of rotatable bonds is 5. The second-order valence-corrected chi connectivity index (χ2v) is 3.70. The predicted molar refractivity (Wildman–Crippen MR) is 63.3 cm³/mol. The molecule has 1 aromatic carbocycles. The Labute approximate surface area is 99.5 Å². The van der Waals surface area contributed by atoms with Crippen LogP contribution in [0.2, 0.25) is 0 Å². The third-order valence-electron chi connectivity index (χ3n) is 2.08. The fourth-order valence-electron chi connectivity index (χ4n) is 1.25. The minimum absolute atomic E-state index is 0.0340. The number of carbonyl (C=O) groups is 2. The Kier molecular flexibility index (Phi) is 4.46. The summed E-state index contributed by atoms with van der Waals surface area (Å²) in [6.07, 6.45) is 1.09. The molecule has 0 heterocycles. The lowest BCUT2D eigenvalue weighted by Crippen LogP contribution is -2.02. The van der Waals surface area contributed by atoms with Gasteiger partial charge in [-0.2, -0.15) is 0 Å². The zero-order chi connectivity index (χ0) is 12.8. The highest BCUT2D eigenvalue weighted by molar-refractivity contribution is 5.94. The van der Waals surface area contributed by atoms with Crippen LogP contribution >= 0.6 is 0 Å². The average Bonchev–Trinajstić information content (AvgIpc) is 2.26. The summed E-state index contributed by atoms with van der Waals surface area (Å²) in [4.78, 5) is 21.5. The normalized spacial score (nSPS) is 11.1. The van der Waals surface area contributed by atoms with Gasteiger partial charge in [-0.3, -0.25) is 4.79 Å². The number of ketones is 1. The van der Waals surface area contributed by atoms with Crippen molar-refractivity contribution in [1.29, 1.82) is 0 Å². The molecule has 4 heteroatoms. The molecular formula is C13H14O4. The van der Waals surface area contributed by atoms with Crippen molar-refractivity contribution in [3.05, 3.63) is 41.5 Å². The van der Waals surface area contributed by atoms with E-state index in [1.165, 1.54) is 6.92 Å². The molecule has 0 atom stereocenters. The van der Waals surface area contributed by atoms with Crippen LogP contribution in [0, 0.1) is 0 Å². The van der Waals surface area contributed by atoms with Gasteiger partial charge in [-0.15, -0.1) is 0 Å². The summed E-state index contributed by atoms with van der Waals surface area (Å²) >= 11 is 0. The van der Waals surface area contributed by atoms with Crippen LogP contribution in [-0.4, -0.2) is 23.5 Å². The third-order valence-corrected chi connectivity index (χ3v) is 2.08. The van der Waals surface area contributed by atoms with Gasteiger partial charge in [0.25, 0.3) is 0 Å². The summed E-state index contributed by atoms with van der Waals surface area (Å²) in [5.74, 6) is -0.479. The van der Waals surface area contributed by atoms with E-state index in [9.17, 15) is 9.59 Å². The van der Waals surface area contributed by atoms with E-state index in [1.54, 1.807) is 31.2 Å². The van der Waals surface area contributed by atoms with Crippen LogP contribution in [0.1, 0.15) is 24.2 Å². The van der Waals surface area contributed by atoms with Gasteiger partial charge in [0.1, 0.15) is 12.4 Å². The SMILES string of the molecule is CC(=O)c1cccc(OCC(C)=CC(=O)O)c1. The Bertz CT molecular complexity index is 460. The van der Waals surface area contributed by atoms with Crippen molar-refractivity contribution in [2.24, 2.45) is 0 Å². The number of carbonyl (C=O) groups excluding carboxylic acids is 1. The molecule has 0 aliphatic rings. The number of Topliss-reactive ketones (excluding diaryl/α,β-unsaturated/α-hetero) is 1. The first-order valence-corrected chi connectivity index (χ1v) is 5.13. The molecule has 1 N–H and O–H groups in total. The Morgan fingerprint density at radius 3 is 2.65 bits per heavy atom. The van der Waals surface area contributed by atoms with Crippen LogP contribution in [0.4, 0.5) is 0 Å². The van der Waals surface area contributed by atoms with Gasteiger partial charge >= 0.3 is 5.97 Å². The average molecular weight is 234 g/mol. The van der Waals surface area contributed by atoms with E-state index in [4.69, 9.17) is 9.84 Å². The molecule has 0 fully saturated rings. The van der Waals surface area contributed by atoms with Crippen molar-refractivity contribution < 1.29 is 19.4 Å². The number of hydrogen-bond donors (Lipinski definition) is 1. The van der Waals surface area contributed by atoms with E-state index in [2.05, 4.69) is 0 Å². The molecule has 17 heavy (non-hydrogen) atoms. The van der Waals surface area contributed by atoms with Gasteiger partial charge in [0, 0.05) is 11.6 Å². The highest BCUT2D eigenvalue weighted by Crippen LogP contribution is 2.14. The second-order valence-electron chi connectivity index (χ2n) is 3.70. The fourth-order valence-corrected chi connectivity index (χ4v) is 1.25. The lowest BCUT2D eigenvalue weighted by atomic mass is 10.1. The molecule has 90 valence electrons. The molecule has 0 bridgehead atoms. The summed E-state index contributed by atoms with van der Waals surface area (Å²) in [6.45, 7) is 3.34. The first-order chi connectivity index (χ1) is 7.99. The van der Waals surface area contributed by atoms with Crippen molar-refractivity contribution >= 4 is 11.8 Å². The molecule has 0 amide bonds. The van der Waals surface area contributed by atoms with E-state index in [1.807, 2.05) is 0 Å². The van der Waals surface area contributed by atoms with E-state index < -0.39 is 5.97 Å². The summed E-state index contributed by atoms with van der Waals surface area (Å²) in [5.41, 5.74) is 1.17. The molecule has 0 aromatic heterocycles. The Morgan fingerprint density at radius 2 is 2.06 bits per heavy atom. The van der Waals surface area contributed by atoms with Gasteiger partial charge in [-0.05, 0) is 31.6 Å². The maximum atomic E-state index is 11.1. The first kappa shape index (κ1) is 13.0. The van der Waals surface area contributed by atoms with Gasteiger partial charge < -0.3 is 9.84 Å². The van der Waals surface area contributed by atoms with E-state index in [0.717, 1.165) is 6.08 Å². The minimum atomic E-state index is -0.997. The van der Waals surface area contributed by atoms with Crippen LogP contribution in [0.3, 0.4) is 0 Å². The predicted octanol–water partition coefficient (Wildman–Crippen LogP) is 2.30. The molecule has 0 spiro atoms. The lowest BCUT2D eigenvalue weighted by molar-refractivity contribution is -0.131. The summed E-state index contributed by atoms with van der Waals surface area (Å²) in [6, 6.07) is 6.79. The minimum Gasteiger partial charge on any atom is -0.489 e. The van der Waals surface area contributed by atoms with Crippen molar-refractivity contribution in [2.75, 3.05) is 6.61 Å². The zero-order valence-corrected chi connectivity index (χ0v) is 9.77. The highest BCUT2D eigenvalue weighted by Gasteiger charge is 2.02. The smallest absolute Gasteiger partial charge is 0.328 e. The van der Waals surface area contributed by atoms with Crippen LogP contribution in [-0.2, 0) is 4.79 Å². The van der Waals surface area contributed by atoms with Crippen LogP contribution in [0.25, 0.3) is 0 Å². The zero-order valence-electron chi connectivity index (χ0n) is 9.77. The number of aliphatic carboxylic acids is 1. The number of hydrogen-bond acceptors (Lipinski definition) is 3. The molecule has 1 rings (SSSR count). The van der Waals surface area contributed by atoms with Gasteiger partial charge in [-0.1, -0.05) is 12.1 Å². The van der Waals surface area contributed by atoms with Crippen molar-refractivity contribution in [3.63, 3.8) is 0 Å². The Balaban J connectivity index is 2.67. The second kappa shape index (κ2) is 5.84. The molecule has 0 unspecified atom stereocenters. The third kappa shape index (κ3) is 4.51. The largest absolute Gasteiger partial charge is 0.489 e. The maximum Gasteiger partial charge on any atom is 0.328 e. The Morgan fingerprint density at radius 1 is 1.35 bits per heavy atom. The molecule has 0 saturated heterocycles. The molecule has 4 nitrogen and oxygen atoms in total.